The Kier molecular flexibility index (Phi) is 4.48. The van der Waals surface area contributed by atoms with E-state index in [2.05, 4.69) is 37.9 Å². The minimum atomic E-state index is 0.726. The SMILES string of the molecule is CC(C)CNC1C2CCCC1CN(C(C)C)C2. The van der Waals surface area contributed by atoms with Gasteiger partial charge in [-0.15, -0.1) is 0 Å². The Bertz CT molecular complexity index is 223. The molecule has 100 valence electrons. The zero-order valence-corrected chi connectivity index (χ0v) is 12.1. The van der Waals surface area contributed by atoms with Crippen LogP contribution in [0.3, 0.4) is 0 Å². The third kappa shape index (κ3) is 3.23. The van der Waals surface area contributed by atoms with Gasteiger partial charge in [0.05, 0.1) is 0 Å². The van der Waals surface area contributed by atoms with Gasteiger partial charge in [-0.25, -0.2) is 0 Å². The van der Waals surface area contributed by atoms with Crippen molar-refractivity contribution in [2.75, 3.05) is 19.6 Å². The number of hydrogen-bond acceptors (Lipinski definition) is 2. The normalized spacial score (nSPS) is 34.6. The molecule has 1 aliphatic carbocycles. The van der Waals surface area contributed by atoms with Crippen LogP contribution in [-0.2, 0) is 0 Å². The van der Waals surface area contributed by atoms with E-state index in [0.717, 1.165) is 29.8 Å². The summed E-state index contributed by atoms with van der Waals surface area (Å²) in [5.74, 6) is 2.59. The highest BCUT2D eigenvalue weighted by molar-refractivity contribution is 4.95. The van der Waals surface area contributed by atoms with Crippen LogP contribution in [-0.4, -0.2) is 36.6 Å². The molecule has 0 spiro atoms. The summed E-state index contributed by atoms with van der Waals surface area (Å²) in [6, 6.07) is 1.53. The fraction of sp³-hybridized carbons (Fsp3) is 1.00. The number of piperidine rings is 1. The zero-order valence-electron chi connectivity index (χ0n) is 12.1. The molecule has 2 nitrogen and oxygen atoms in total. The van der Waals surface area contributed by atoms with Crippen LogP contribution in [0, 0.1) is 17.8 Å². The molecule has 0 radical (unpaired) electrons. The van der Waals surface area contributed by atoms with Crippen LogP contribution < -0.4 is 5.32 Å². The quantitative estimate of drug-likeness (QED) is 0.810. The van der Waals surface area contributed by atoms with Gasteiger partial charge in [0.2, 0.25) is 0 Å². The van der Waals surface area contributed by atoms with E-state index in [1.54, 1.807) is 0 Å². The summed E-state index contributed by atoms with van der Waals surface area (Å²) in [6.07, 6.45) is 4.34. The maximum absolute atomic E-state index is 3.86. The smallest absolute Gasteiger partial charge is 0.0148 e. The molecule has 1 saturated heterocycles. The lowest BCUT2D eigenvalue weighted by atomic mass is 9.73. The third-order valence-electron chi connectivity index (χ3n) is 4.60. The van der Waals surface area contributed by atoms with Gasteiger partial charge in [-0.2, -0.15) is 0 Å². The molecular weight excluding hydrogens is 208 g/mol. The number of hydrogen-bond donors (Lipinski definition) is 1. The molecule has 2 unspecified atom stereocenters. The first-order chi connectivity index (χ1) is 8.08. The van der Waals surface area contributed by atoms with Gasteiger partial charge in [0.1, 0.15) is 0 Å². The van der Waals surface area contributed by atoms with Crippen LogP contribution in [0.25, 0.3) is 0 Å². The lowest BCUT2D eigenvalue weighted by molar-refractivity contribution is 0.0287. The van der Waals surface area contributed by atoms with E-state index in [-0.39, 0.29) is 0 Å². The molecule has 2 aliphatic rings. The first kappa shape index (κ1) is 13.4. The van der Waals surface area contributed by atoms with Gasteiger partial charge in [0.25, 0.3) is 0 Å². The van der Waals surface area contributed by atoms with Gasteiger partial charge in [0.15, 0.2) is 0 Å². The standard InChI is InChI=1S/C15H30N2/c1-11(2)8-16-15-13-6-5-7-14(15)10-17(9-13)12(3)4/h11-16H,5-10H2,1-4H3. The molecule has 0 aromatic heterocycles. The molecular formula is C15H30N2. The van der Waals surface area contributed by atoms with Crippen LogP contribution >= 0.6 is 0 Å². The molecule has 2 heteroatoms. The molecule has 17 heavy (non-hydrogen) atoms. The number of fused-ring (bicyclic) bond motifs is 2. The molecule has 1 N–H and O–H groups in total. The first-order valence-electron chi connectivity index (χ1n) is 7.55. The second-order valence-corrected chi connectivity index (χ2v) is 6.83. The summed E-state index contributed by atoms with van der Waals surface area (Å²) in [4.78, 5) is 2.70. The Hall–Kier alpha value is -0.0800. The summed E-state index contributed by atoms with van der Waals surface area (Å²) >= 11 is 0. The molecule has 1 aliphatic heterocycles. The summed E-state index contributed by atoms with van der Waals surface area (Å²) in [7, 11) is 0. The highest BCUT2D eigenvalue weighted by Crippen LogP contribution is 2.35. The molecule has 1 heterocycles. The largest absolute Gasteiger partial charge is 0.313 e. The van der Waals surface area contributed by atoms with Gasteiger partial charge < -0.3 is 10.2 Å². The van der Waals surface area contributed by atoms with Crippen molar-refractivity contribution in [1.82, 2.24) is 10.2 Å². The van der Waals surface area contributed by atoms with E-state index in [9.17, 15) is 0 Å². The Morgan fingerprint density at radius 1 is 1.06 bits per heavy atom. The van der Waals surface area contributed by atoms with Gasteiger partial charge in [-0.05, 0) is 51.0 Å². The molecule has 0 aromatic carbocycles. The molecule has 2 bridgehead atoms. The number of nitrogens with zero attached hydrogens (tertiary/aromatic N) is 1. The van der Waals surface area contributed by atoms with E-state index >= 15 is 0 Å². The minimum Gasteiger partial charge on any atom is -0.313 e. The van der Waals surface area contributed by atoms with Crippen molar-refractivity contribution in [3.8, 4) is 0 Å². The third-order valence-corrected chi connectivity index (χ3v) is 4.60. The van der Waals surface area contributed by atoms with Crippen molar-refractivity contribution < 1.29 is 0 Å². The minimum absolute atomic E-state index is 0.726. The van der Waals surface area contributed by atoms with E-state index in [1.165, 1.54) is 38.9 Å². The zero-order chi connectivity index (χ0) is 12.4. The fourth-order valence-corrected chi connectivity index (χ4v) is 3.60. The van der Waals surface area contributed by atoms with Crippen molar-refractivity contribution in [2.45, 2.75) is 59.0 Å². The van der Waals surface area contributed by atoms with Crippen LogP contribution in [0.2, 0.25) is 0 Å². The van der Waals surface area contributed by atoms with Gasteiger partial charge >= 0.3 is 0 Å². The lowest BCUT2D eigenvalue weighted by Crippen LogP contribution is -2.58. The van der Waals surface area contributed by atoms with Gasteiger partial charge in [0, 0.05) is 25.2 Å². The van der Waals surface area contributed by atoms with Crippen molar-refractivity contribution in [2.24, 2.45) is 17.8 Å². The molecule has 0 aromatic rings. The highest BCUT2D eigenvalue weighted by atomic mass is 15.2. The summed E-state index contributed by atoms with van der Waals surface area (Å²) in [5.41, 5.74) is 0. The summed E-state index contributed by atoms with van der Waals surface area (Å²) < 4.78 is 0. The Morgan fingerprint density at radius 2 is 1.65 bits per heavy atom. The van der Waals surface area contributed by atoms with Crippen molar-refractivity contribution in [1.29, 1.82) is 0 Å². The van der Waals surface area contributed by atoms with Gasteiger partial charge in [-0.3, -0.25) is 0 Å². The maximum Gasteiger partial charge on any atom is 0.0148 e. The Morgan fingerprint density at radius 3 is 2.12 bits per heavy atom. The Balaban J connectivity index is 1.95. The highest BCUT2D eigenvalue weighted by Gasteiger charge is 2.39. The summed E-state index contributed by atoms with van der Waals surface area (Å²) in [6.45, 7) is 13.2. The molecule has 2 atom stereocenters. The van der Waals surface area contributed by atoms with Crippen molar-refractivity contribution in [3.63, 3.8) is 0 Å². The van der Waals surface area contributed by atoms with Crippen molar-refractivity contribution >= 4 is 0 Å². The Labute approximate surface area is 107 Å². The van der Waals surface area contributed by atoms with E-state index in [0.29, 0.717) is 0 Å². The average Bonchev–Trinajstić information content (AvgIpc) is 2.24. The maximum atomic E-state index is 3.86. The van der Waals surface area contributed by atoms with Crippen molar-refractivity contribution in [3.05, 3.63) is 0 Å². The second-order valence-electron chi connectivity index (χ2n) is 6.83. The number of likely N-dealkylation sites (tertiary alicyclic amines) is 1. The van der Waals surface area contributed by atoms with Gasteiger partial charge in [-0.1, -0.05) is 20.3 Å². The van der Waals surface area contributed by atoms with Crippen LogP contribution in [0.5, 0.6) is 0 Å². The first-order valence-corrected chi connectivity index (χ1v) is 7.55. The molecule has 2 rings (SSSR count). The van der Waals surface area contributed by atoms with Crippen LogP contribution in [0.1, 0.15) is 47.0 Å². The van der Waals surface area contributed by atoms with E-state index in [4.69, 9.17) is 0 Å². The van der Waals surface area contributed by atoms with E-state index in [1.807, 2.05) is 0 Å². The fourth-order valence-electron chi connectivity index (χ4n) is 3.60. The monoisotopic (exact) mass is 238 g/mol. The van der Waals surface area contributed by atoms with Crippen LogP contribution in [0.4, 0.5) is 0 Å². The number of nitrogens with one attached hydrogen (secondary N) is 1. The molecule has 1 saturated carbocycles. The predicted molar refractivity (Wildman–Crippen MR) is 74.2 cm³/mol. The average molecular weight is 238 g/mol. The molecule has 0 amide bonds. The van der Waals surface area contributed by atoms with E-state index < -0.39 is 0 Å². The topological polar surface area (TPSA) is 15.3 Å². The van der Waals surface area contributed by atoms with Crippen LogP contribution in [0.15, 0.2) is 0 Å². The number of rotatable bonds is 4. The lowest BCUT2D eigenvalue weighted by Gasteiger charge is -2.49. The second kappa shape index (κ2) is 5.71. The predicted octanol–water partition coefficient (Wildman–Crippen LogP) is 2.74. The molecule has 2 fully saturated rings. The summed E-state index contributed by atoms with van der Waals surface area (Å²) in [5, 5.41) is 3.86.